The maximum absolute atomic E-state index is 11.8. The van der Waals surface area contributed by atoms with E-state index in [2.05, 4.69) is 15.3 Å². The Morgan fingerprint density at radius 2 is 2.06 bits per heavy atom. The van der Waals surface area contributed by atoms with Crippen LogP contribution < -0.4 is 5.32 Å². The predicted octanol–water partition coefficient (Wildman–Crippen LogP) is 1.54. The topological polar surface area (TPSA) is 74.8 Å². The molecule has 1 amide bonds. The SMILES string of the molecule is CC(=O)c1c[nH]c(C(=O)NCc2ccncc2)c1. The Morgan fingerprint density at radius 1 is 1.33 bits per heavy atom. The molecule has 2 aromatic heterocycles. The van der Waals surface area contributed by atoms with Crippen LogP contribution in [0.2, 0.25) is 0 Å². The van der Waals surface area contributed by atoms with E-state index in [4.69, 9.17) is 0 Å². The van der Waals surface area contributed by atoms with Gasteiger partial charge < -0.3 is 10.3 Å². The molecule has 5 heteroatoms. The Morgan fingerprint density at radius 3 is 2.67 bits per heavy atom. The lowest BCUT2D eigenvalue weighted by Gasteiger charge is -2.03. The Labute approximate surface area is 104 Å². The number of nitrogens with zero attached hydrogens (tertiary/aromatic N) is 1. The summed E-state index contributed by atoms with van der Waals surface area (Å²) in [4.78, 5) is 29.6. The van der Waals surface area contributed by atoms with Crippen LogP contribution in [-0.4, -0.2) is 21.7 Å². The summed E-state index contributed by atoms with van der Waals surface area (Å²) in [5, 5.41) is 2.76. The second kappa shape index (κ2) is 5.27. The van der Waals surface area contributed by atoms with Gasteiger partial charge in [0.2, 0.25) is 0 Å². The Hall–Kier alpha value is -2.43. The van der Waals surface area contributed by atoms with Crippen LogP contribution in [0.1, 0.15) is 33.3 Å². The smallest absolute Gasteiger partial charge is 0.267 e. The lowest BCUT2D eigenvalue weighted by atomic mass is 10.2. The monoisotopic (exact) mass is 243 g/mol. The molecular weight excluding hydrogens is 230 g/mol. The van der Waals surface area contributed by atoms with E-state index in [9.17, 15) is 9.59 Å². The summed E-state index contributed by atoms with van der Waals surface area (Å²) < 4.78 is 0. The highest BCUT2D eigenvalue weighted by Gasteiger charge is 2.09. The number of H-pyrrole nitrogens is 1. The van der Waals surface area contributed by atoms with E-state index < -0.39 is 0 Å². The van der Waals surface area contributed by atoms with Crippen LogP contribution in [0.5, 0.6) is 0 Å². The lowest BCUT2D eigenvalue weighted by Crippen LogP contribution is -2.23. The number of amides is 1. The maximum atomic E-state index is 11.8. The van der Waals surface area contributed by atoms with E-state index in [1.165, 1.54) is 13.1 Å². The summed E-state index contributed by atoms with van der Waals surface area (Å²) in [6.07, 6.45) is 4.87. The van der Waals surface area contributed by atoms with Crippen molar-refractivity contribution in [1.29, 1.82) is 0 Å². The average molecular weight is 243 g/mol. The molecule has 92 valence electrons. The molecule has 0 aromatic carbocycles. The largest absolute Gasteiger partial charge is 0.356 e. The lowest BCUT2D eigenvalue weighted by molar-refractivity contribution is 0.0946. The van der Waals surface area contributed by atoms with Gasteiger partial charge in [-0.25, -0.2) is 0 Å². The van der Waals surface area contributed by atoms with Gasteiger partial charge in [-0.15, -0.1) is 0 Å². The number of ketones is 1. The minimum absolute atomic E-state index is 0.0700. The third-order valence-electron chi connectivity index (χ3n) is 2.54. The van der Waals surface area contributed by atoms with Gasteiger partial charge >= 0.3 is 0 Å². The molecule has 0 spiro atoms. The number of hydrogen-bond donors (Lipinski definition) is 2. The van der Waals surface area contributed by atoms with Crippen molar-refractivity contribution in [3.63, 3.8) is 0 Å². The van der Waals surface area contributed by atoms with Crippen molar-refractivity contribution >= 4 is 11.7 Å². The molecule has 2 aromatic rings. The van der Waals surface area contributed by atoms with Crippen molar-refractivity contribution in [3.8, 4) is 0 Å². The van der Waals surface area contributed by atoms with Gasteiger partial charge in [-0.05, 0) is 30.7 Å². The summed E-state index contributed by atoms with van der Waals surface area (Å²) in [7, 11) is 0. The van der Waals surface area contributed by atoms with E-state index in [1.807, 2.05) is 12.1 Å². The van der Waals surface area contributed by atoms with Gasteiger partial charge in [0.25, 0.3) is 5.91 Å². The normalized spacial score (nSPS) is 10.1. The number of pyridine rings is 1. The molecule has 2 rings (SSSR count). The third kappa shape index (κ3) is 2.82. The molecule has 0 fully saturated rings. The highest BCUT2D eigenvalue weighted by Crippen LogP contribution is 2.04. The van der Waals surface area contributed by atoms with Crippen molar-refractivity contribution < 1.29 is 9.59 Å². The van der Waals surface area contributed by atoms with Crippen molar-refractivity contribution in [2.45, 2.75) is 13.5 Å². The Bertz CT molecular complexity index is 561. The van der Waals surface area contributed by atoms with Crippen molar-refractivity contribution in [2.75, 3.05) is 0 Å². The molecule has 0 bridgehead atoms. The fraction of sp³-hybridized carbons (Fsp3) is 0.154. The summed E-state index contributed by atoms with van der Waals surface area (Å²) in [5.41, 5.74) is 1.86. The van der Waals surface area contributed by atoms with Gasteiger partial charge in [0.05, 0.1) is 0 Å². The maximum Gasteiger partial charge on any atom is 0.267 e. The molecule has 0 saturated carbocycles. The molecule has 0 aliphatic heterocycles. The highest BCUT2D eigenvalue weighted by molar-refractivity contribution is 5.99. The van der Waals surface area contributed by atoms with Gasteiger partial charge in [-0.2, -0.15) is 0 Å². The number of hydrogen-bond acceptors (Lipinski definition) is 3. The molecule has 5 nitrogen and oxygen atoms in total. The van der Waals surface area contributed by atoms with E-state index >= 15 is 0 Å². The van der Waals surface area contributed by atoms with Crippen LogP contribution in [0.4, 0.5) is 0 Å². The number of carbonyl (C=O) groups is 2. The number of aromatic amines is 1. The second-order valence-electron chi connectivity index (χ2n) is 3.90. The van der Waals surface area contributed by atoms with Crippen LogP contribution >= 0.6 is 0 Å². The quantitative estimate of drug-likeness (QED) is 0.800. The van der Waals surface area contributed by atoms with E-state index in [-0.39, 0.29) is 11.7 Å². The van der Waals surface area contributed by atoms with Gasteiger partial charge in [0.1, 0.15) is 5.69 Å². The first-order chi connectivity index (χ1) is 8.66. The third-order valence-corrected chi connectivity index (χ3v) is 2.54. The number of Topliss-reactive ketones (excluding diaryl/α,β-unsaturated/α-hetero) is 1. The number of aromatic nitrogens is 2. The minimum Gasteiger partial charge on any atom is -0.356 e. The average Bonchev–Trinajstić information content (AvgIpc) is 2.87. The van der Waals surface area contributed by atoms with E-state index in [0.717, 1.165) is 5.56 Å². The summed E-state index contributed by atoms with van der Waals surface area (Å²) >= 11 is 0. The highest BCUT2D eigenvalue weighted by atomic mass is 16.2. The minimum atomic E-state index is -0.237. The van der Waals surface area contributed by atoms with Crippen LogP contribution in [-0.2, 0) is 6.54 Å². The molecule has 2 N–H and O–H groups in total. The Kier molecular flexibility index (Phi) is 3.52. The zero-order chi connectivity index (χ0) is 13.0. The fourth-order valence-corrected chi connectivity index (χ4v) is 1.51. The molecule has 2 heterocycles. The molecule has 0 aliphatic rings. The van der Waals surface area contributed by atoms with Gasteiger partial charge in [-0.1, -0.05) is 0 Å². The molecule has 18 heavy (non-hydrogen) atoms. The van der Waals surface area contributed by atoms with E-state index in [0.29, 0.717) is 17.8 Å². The van der Waals surface area contributed by atoms with Crippen molar-refractivity contribution in [2.24, 2.45) is 0 Å². The summed E-state index contributed by atoms with van der Waals surface area (Å²) in [6.45, 7) is 1.89. The number of rotatable bonds is 4. The fourth-order valence-electron chi connectivity index (χ4n) is 1.51. The molecular formula is C13H13N3O2. The summed E-state index contributed by atoms with van der Waals surface area (Å²) in [5.74, 6) is -0.307. The standard InChI is InChI=1S/C13H13N3O2/c1-9(17)11-6-12(15-8-11)13(18)16-7-10-2-4-14-5-3-10/h2-6,8,15H,7H2,1H3,(H,16,18). The van der Waals surface area contributed by atoms with Gasteiger partial charge in [-0.3, -0.25) is 14.6 Å². The van der Waals surface area contributed by atoms with E-state index in [1.54, 1.807) is 18.5 Å². The molecule has 0 saturated heterocycles. The van der Waals surface area contributed by atoms with Gasteiger partial charge in [0, 0.05) is 30.7 Å². The Balaban J connectivity index is 1.97. The van der Waals surface area contributed by atoms with Crippen molar-refractivity contribution in [1.82, 2.24) is 15.3 Å². The first-order valence-electron chi connectivity index (χ1n) is 5.53. The summed E-state index contributed by atoms with van der Waals surface area (Å²) in [6, 6.07) is 5.20. The molecule has 0 radical (unpaired) electrons. The molecule has 0 atom stereocenters. The predicted molar refractivity (Wildman–Crippen MR) is 66.2 cm³/mol. The van der Waals surface area contributed by atoms with Crippen molar-refractivity contribution in [3.05, 3.63) is 53.6 Å². The second-order valence-corrected chi connectivity index (χ2v) is 3.90. The van der Waals surface area contributed by atoms with Crippen LogP contribution in [0.25, 0.3) is 0 Å². The first-order valence-corrected chi connectivity index (χ1v) is 5.53. The number of carbonyl (C=O) groups excluding carboxylic acids is 2. The molecule has 0 unspecified atom stereocenters. The van der Waals surface area contributed by atoms with Crippen LogP contribution in [0.3, 0.4) is 0 Å². The first kappa shape index (κ1) is 12.0. The van der Waals surface area contributed by atoms with Crippen LogP contribution in [0.15, 0.2) is 36.8 Å². The van der Waals surface area contributed by atoms with Crippen LogP contribution in [0, 0.1) is 0 Å². The zero-order valence-corrected chi connectivity index (χ0v) is 9.93. The molecule has 0 aliphatic carbocycles. The zero-order valence-electron chi connectivity index (χ0n) is 9.93. The number of nitrogens with one attached hydrogen (secondary N) is 2. The van der Waals surface area contributed by atoms with Gasteiger partial charge in [0.15, 0.2) is 5.78 Å².